The summed E-state index contributed by atoms with van der Waals surface area (Å²) in [6.45, 7) is 0.0698. The second kappa shape index (κ2) is 5.34. The first kappa shape index (κ1) is 12.1. The van der Waals surface area contributed by atoms with Gasteiger partial charge in [0.15, 0.2) is 11.6 Å². The molecule has 2 rings (SSSR count). The number of ether oxygens (including phenoxy) is 1. The smallest absolute Gasteiger partial charge is 0.165 e. The normalized spacial score (nSPS) is 10.3. The van der Waals surface area contributed by atoms with E-state index in [1.807, 2.05) is 0 Å². The van der Waals surface area contributed by atoms with Crippen LogP contribution in [0.5, 0.6) is 5.75 Å². The summed E-state index contributed by atoms with van der Waals surface area (Å²) in [5.41, 5.74) is 0.474. The second-order valence-electron chi connectivity index (χ2n) is 3.28. The van der Waals surface area contributed by atoms with Crippen molar-refractivity contribution in [3.05, 3.63) is 58.1 Å². The average molecular weight is 272 g/mol. The zero-order chi connectivity index (χ0) is 12.3. The average Bonchev–Trinajstić information content (AvgIpc) is 2.32. The Morgan fingerprint density at radius 2 is 1.88 bits per heavy atom. The lowest BCUT2D eigenvalue weighted by Crippen LogP contribution is -2.00. The Balaban J connectivity index is 2.12. The summed E-state index contributed by atoms with van der Waals surface area (Å²) in [6.07, 6.45) is 0. The fourth-order valence-electron chi connectivity index (χ4n) is 1.27. The minimum Gasteiger partial charge on any atom is -0.484 e. The van der Waals surface area contributed by atoms with E-state index >= 15 is 0 Å². The molecule has 0 fully saturated rings. The van der Waals surface area contributed by atoms with Gasteiger partial charge in [-0.05, 0) is 24.3 Å². The Morgan fingerprint density at radius 3 is 2.65 bits per heavy atom. The summed E-state index contributed by atoms with van der Waals surface area (Å²) < 4.78 is 18.5. The van der Waals surface area contributed by atoms with Crippen molar-refractivity contribution < 1.29 is 9.13 Å². The lowest BCUT2D eigenvalue weighted by atomic mass is 10.3. The van der Waals surface area contributed by atoms with Crippen molar-refractivity contribution in [2.24, 2.45) is 0 Å². The molecule has 2 nitrogen and oxygen atoms in total. The van der Waals surface area contributed by atoms with Crippen LogP contribution in [0.15, 0.2) is 36.4 Å². The Bertz CT molecular complexity index is 534. The van der Waals surface area contributed by atoms with Gasteiger partial charge in [-0.1, -0.05) is 35.3 Å². The third kappa shape index (κ3) is 3.08. The van der Waals surface area contributed by atoms with Crippen LogP contribution in [0.25, 0.3) is 0 Å². The summed E-state index contributed by atoms with van der Waals surface area (Å²) in [6, 6.07) is 9.34. The molecule has 17 heavy (non-hydrogen) atoms. The van der Waals surface area contributed by atoms with Crippen molar-refractivity contribution in [3.8, 4) is 5.75 Å². The van der Waals surface area contributed by atoms with E-state index in [2.05, 4.69) is 4.98 Å². The van der Waals surface area contributed by atoms with Gasteiger partial charge in [0, 0.05) is 0 Å². The molecule has 0 aliphatic rings. The topological polar surface area (TPSA) is 22.1 Å². The summed E-state index contributed by atoms with van der Waals surface area (Å²) >= 11 is 11.6. The van der Waals surface area contributed by atoms with Crippen LogP contribution >= 0.6 is 23.2 Å². The fourth-order valence-corrected chi connectivity index (χ4v) is 1.59. The maximum absolute atomic E-state index is 13.3. The molecule has 0 spiro atoms. The number of rotatable bonds is 3. The van der Waals surface area contributed by atoms with E-state index in [1.165, 1.54) is 12.1 Å². The van der Waals surface area contributed by atoms with Crippen LogP contribution in [0, 0.1) is 5.82 Å². The van der Waals surface area contributed by atoms with Gasteiger partial charge in [-0.3, -0.25) is 0 Å². The maximum Gasteiger partial charge on any atom is 0.165 e. The molecule has 1 aromatic carbocycles. The van der Waals surface area contributed by atoms with Crippen molar-refractivity contribution in [3.63, 3.8) is 0 Å². The molecular weight excluding hydrogens is 264 g/mol. The highest BCUT2D eigenvalue weighted by Gasteiger charge is 2.06. The van der Waals surface area contributed by atoms with E-state index in [9.17, 15) is 4.39 Å². The standard InChI is InChI=1S/C12H8Cl2FNO/c13-8-5-6-12(14)16-10(8)7-17-11-4-2-1-3-9(11)15/h1-6H,7H2. The lowest BCUT2D eigenvalue weighted by molar-refractivity contribution is 0.286. The molecule has 1 aromatic heterocycles. The van der Waals surface area contributed by atoms with E-state index in [0.717, 1.165) is 0 Å². The molecule has 0 atom stereocenters. The molecule has 0 unspecified atom stereocenters. The minimum atomic E-state index is -0.425. The van der Waals surface area contributed by atoms with E-state index in [-0.39, 0.29) is 12.4 Å². The number of para-hydroxylation sites is 1. The van der Waals surface area contributed by atoms with Gasteiger partial charge in [-0.25, -0.2) is 9.37 Å². The number of benzene rings is 1. The second-order valence-corrected chi connectivity index (χ2v) is 4.08. The molecule has 0 saturated heterocycles. The van der Waals surface area contributed by atoms with Gasteiger partial charge in [0.2, 0.25) is 0 Å². The first-order valence-electron chi connectivity index (χ1n) is 4.85. The predicted molar refractivity (Wildman–Crippen MR) is 65.0 cm³/mol. The van der Waals surface area contributed by atoms with Crippen molar-refractivity contribution in [1.82, 2.24) is 4.98 Å². The highest BCUT2D eigenvalue weighted by atomic mass is 35.5. The summed E-state index contributed by atoms with van der Waals surface area (Å²) in [7, 11) is 0. The van der Waals surface area contributed by atoms with Crippen LogP contribution < -0.4 is 4.74 Å². The molecule has 1 heterocycles. The maximum atomic E-state index is 13.3. The summed E-state index contributed by atoms with van der Waals surface area (Å²) in [4.78, 5) is 4.00. The fraction of sp³-hybridized carbons (Fsp3) is 0.0833. The number of nitrogens with zero attached hydrogens (tertiary/aromatic N) is 1. The molecule has 0 N–H and O–H groups in total. The molecule has 0 saturated carbocycles. The molecule has 0 radical (unpaired) electrons. The Kier molecular flexibility index (Phi) is 3.82. The molecule has 2 aromatic rings. The molecule has 0 aliphatic heterocycles. The molecule has 0 bridgehead atoms. The first-order chi connectivity index (χ1) is 8.16. The van der Waals surface area contributed by atoms with Crippen LogP contribution in [0.1, 0.15) is 5.69 Å². The van der Waals surface area contributed by atoms with Gasteiger partial charge < -0.3 is 4.74 Å². The number of hydrogen-bond donors (Lipinski definition) is 0. The zero-order valence-electron chi connectivity index (χ0n) is 8.66. The predicted octanol–water partition coefficient (Wildman–Crippen LogP) is 4.11. The van der Waals surface area contributed by atoms with Crippen LogP contribution in [0.3, 0.4) is 0 Å². The van der Waals surface area contributed by atoms with E-state index in [0.29, 0.717) is 15.9 Å². The van der Waals surface area contributed by atoms with Gasteiger partial charge in [0.05, 0.1) is 10.7 Å². The molecule has 5 heteroatoms. The molecule has 0 aliphatic carbocycles. The van der Waals surface area contributed by atoms with Crippen LogP contribution in [0.4, 0.5) is 4.39 Å². The number of halogens is 3. The van der Waals surface area contributed by atoms with Crippen molar-refractivity contribution >= 4 is 23.2 Å². The Morgan fingerprint density at radius 1 is 1.12 bits per heavy atom. The molecule has 0 amide bonds. The summed E-state index contributed by atoms with van der Waals surface area (Å²) in [5.74, 6) is -0.268. The number of pyridine rings is 1. The Hall–Kier alpha value is -1.32. The highest BCUT2D eigenvalue weighted by Crippen LogP contribution is 2.21. The van der Waals surface area contributed by atoms with Gasteiger partial charge in [-0.15, -0.1) is 0 Å². The van der Waals surface area contributed by atoms with E-state index < -0.39 is 5.82 Å². The SMILES string of the molecule is Fc1ccccc1OCc1nc(Cl)ccc1Cl. The zero-order valence-corrected chi connectivity index (χ0v) is 10.2. The Labute approximate surface area is 108 Å². The van der Waals surface area contributed by atoms with Crippen LogP contribution in [0.2, 0.25) is 10.2 Å². The van der Waals surface area contributed by atoms with Gasteiger partial charge in [-0.2, -0.15) is 0 Å². The summed E-state index contributed by atoms with van der Waals surface area (Å²) in [5, 5.41) is 0.757. The largest absolute Gasteiger partial charge is 0.484 e. The molecular formula is C12H8Cl2FNO. The minimum absolute atomic E-state index is 0.0698. The van der Waals surface area contributed by atoms with Crippen LogP contribution in [-0.4, -0.2) is 4.98 Å². The lowest BCUT2D eigenvalue weighted by Gasteiger charge is -2.07. The van der Waals surface area contributed by atoms with Gasteiger partial charge in [0.1, 0.15) is 11.8 Å². The third-order valence-electron chi connectivity index (χ3n) is 2.09. The van der Waals surface area contributed by atoms with Crippen molar-refractivity contribution in [2.45, 2.75) is 6.61 Å². The van der Waals surface area contributed by atoms with E-state index in [4.69, 9.17) is 27.9 Å². The highest BCUT2D eigenvalue weighted by molar-refractivity contribution is 6.32. The van der Waals surface area contributed by atoms with Crippen molar-refractivity contribution in [1.29, 1.82) is 0 Å². The number of hydrogen-bond acceptors (Lipinski definition) is 2. The van der Waals surface area contributed by atoms with Gasteiger partial charge >= 0.3 is 0 Å². The van der Waals surface area contributed by atoms with Gasteiger partial charge in [0.25, 0.3) is 0 Å². The number of aromatic nitrogens is 1. The molecule has 88 valence electrons. The van der Waals surface area contributed by atoms with Crippen LogP contribution in [-0.2, 0) is 6.61 Å². The van der Waals surface area contributed by atoms with E-state index in [1.54, 1.807) is 24.3 Å². The van der Waals surface area contributed by atoms with Crippen molar-refractivity contribution in [2.75, 3.05) is 0 Å². The monoisotopic (exact) mass is 271 g/mol. The third-order valence-corrected chi connectivity index (χ3v) is 2.64. The first-order valence-corrected chi connectivity index (χ1v) is 5.60. The quantitative estimate of drug-likeness (QED) is 0.784.